The lowest BCUT2D eigenvalue weighted by molar-refractivity contribution is -0.167. The number of hydrogen-bond donors (Lipinski definition) is 0. The molecule has 0 aliphatic carbocycles. The van der Waals surface area contributed by atoms with Gasteiger partial charge < -0.3 is 14.2 Å². The second kappa shape index (κ2) is 58.7. The van der Waals surface area contributed by atoms with Gasteiger partial charge in [0.25, 0.3) is 0 Å². The van der Waals surface area contributed by atoms with E-state index in [-0.39, 0.29) is 31.1 Å². The van der Waals surface area contributed by atoms with Crippen molar-refractivity contribution >= 4 is 17.9 Å². The van der Waals surface area contributed by atoms with Gasteiger partial charge in [0.05, 0.1) is 0 Å². The van der Waals surface area contributed by atoms with Gasteiger partial charge in [0.15, 0.2) is 6.10 Å². The fourth-order valence-corrected chi connectivity index (χ4v) is 9.56. The molecule has 0 aliphatic heterocycles. The molecule has 0 spiro atoms. The molecule has 0 aromatic carbocycles. The van der Waals surface area contributed by atoms with E-state index in [1.54, 1.807) is 0 Å². The van der Waals surface area contributed by atoms with Crippen LogP contribution in [0, 0.1) is 0 Å². The second-order valence-corrected chi connectivity index (χ2v) is 21.3. The minimum atomic E-state index is -0.765. The Hall–Kier alpha value is -1.85. The van der Waals surface area contributed by atoms with Crippen LogP contribution in [0.3, 0.4) is 0 Å². The quantitative estimate of drug-likeness (QED) is 0.0261. The van der Waals surface area contributed by atoms with Gasteiger partial charge >= 0.3 is 17.9 Å². The number of allylic oxidation sites excluding steroid dienone is 2. The molecule has 0 amide bonds. The van der Waals surface area contributed by atoms with Gasteiger partial charge in [-0.3, -0.25) is 14.4 Å². The average molecular weight is 974 g/mol. The van der Waals surface area contributed by atoms with Crippen molar-refractivity contribution in [2.75, 3.05) is 13.2 Å². The number of carbonyl (C=O) groups is 3. The Bertz CT molecular complexity index is 1070. The standard InChI is InChI=1S/C63H120O6/c1-4-7-10-13-16-19-22-25-28-30-31-32-33-34-36-38-41-44-47-50-53-56-62(65)68-59-60(58-67-61(64)55-52-49-46-43-40-37-27-24-21-18-15-12-9-6-3)69-63(66)57-54-51-48-45-42-39-35-29-26-23-20-17-14-11-8-5-2/h30-31,60H,4-29,32-59H2,1-3H3/b31-30-. The van der Waals surface area contributed by atoms with Crippen LogP contribution in [0.15, 0.2) is 12.2 Å². The van der Waals surface area contributed by atoms with E-state index >= 15 is 0 Å². The van der Waals surface area contributed by atoms with Crippen LogP contribution in [0.5, 0.6) is 0 Å². The summed E-state index contributed by atoms with van der Waals surface area (Å²) in [5, 5.41) is 0. The van der Waals surface area contributed by atoms with E-state index < -0.39 is 6.10 Å². The molecule has 0 radical (unpaired) electrons. The maximum absolute atomic E-state index is 12.9. The molecule has 0 saturated carbocycles. The number of ether oxygens (including phenoxy) is 3. The lowest BCUT2D eigenvalue weighted by atomic mass is 10.0. The van der Waals surface area contributed by atoms with Crippen LogP contribution >= 0.6 is 0 Å². The molecule has 0 bridgehead atoms. The van der Waals surface area contributed by atoms with Crippen LogP contribution in [0.1, 0.15) is 355 Å². The van der Waals surface area contributed by atoms with Gasteiger partial charge in [-0.1, -0.05) is 303 Å². The number of hydrogen-bond acceptors (Lipinski definition) is 6. The SMILES string of the molecule is CCCCCCCCCC/C=C\CCCCCCCCCCCC(=O)OCC(COC(=O)CCCCCCCCCCCCCCCC)OC(=O)CCCCCCCCCCCCCCCCCC. The summed E-state index contributed by atoms with van der Waals surface area (Å²) in [6.45, 7) is 6.71. The first kappa shape index (κ1) is 67.1. The molecule has 0 aromatic heterocycles. The van der Waals surface area contributed by atoms with E-state index in [1.807, 2.05) is 0 Å². The van der Waals surface area contributed by atoms with Crippen LogP contribution in [-0.4, -0.2) is 37.2 Å². The molecule has 1 atom stereocenters. The third-order valence-corrected chi connectivity index (χ3v) is 14.3. The van der Waals surface area contributed by atoms with Gasteiger partial charge in [0.2, 0.25) is 0 Å². The van der Waals surface area contributed by atoms with E-state index in [4.69, 9.17) is 14.2 Å². The van der Waals surface area contributed by atoms with Crippen LogP contribution in [0.2, 0.25) is 0 Å². The highest BCUT2D eigenvalue weighted by molar-refractivity contribution is 5.71. The van der Waals surface area contributed by atoms with E-state index in [1.165, 1.54) is 257 Å². The van der Waals surface area contributed by atoms with Crippen LogP contribution < -0.4 is 0 Å². The maximum Gasteiger partial charge on any atom is 0.306 e. The van der Waals surface area contributed by atoms with E-state index in [2.05, 4.69) is 32.9 Å². The highest BCUT2D eigenvalue weighted by Gasteiger charge is 2.19. The highest BCUT2D eigenvalue weighted by Crippen LogP contribution is 2.18. The molecule has 0 rings (SSSR count). The predicted octanol–water partition coefficient (Wildman–Crippen LogP) is 20.9. The predicted molar refractivity (Wildman–Crippen MR) is 298 cm³/mol. The number of rotatable bonds is 58. The first-order chi connectivity index (χ1) is 34.0. The summed E-state index contributed by atoms with van der Waals surface area (Å²) in [5.74, 6) is -0.837. The minimum absolute atomic E-state index is 0.0640. The Kier molecular flexibility index (Phi) is 57.1. The van der Waals surface area contributed by atoms with Gasteiger partial charge in [-0.15, -0.1) is 0 Å². The third-order valence-electron chi connectivity index (χ3n) is 14.3. The Morgan fingerprint density at radius 2 is 0.478 bits per heavy atom. The van der Waals surface area contributed by atoms with Crippen molar-refractivity contribution in [1.29, 1.82) is 0 Å². The molecule has 6 heteroatoms. The summed E-state index contributed by atoms with van der Waals surface area (Å²) in [6.07, 6.45) is 67.8. The third kappa shape index (κ3) is 56.9. The van der Waals surface area contributed by atoms with Gasteiger partial charge in [0.1, 0.15) is 13.2 Å². The zero-order chi connectivity index (χ0) is 50.0. The summed E-state index contributed by atoms with van der Waals surface area (Å²) in [6, 6.07) is 0. The molecule has 0 saturated heterocycles. The molecule has 0 N–H and O–H groups in total. The highest BCUT2D eigenvalue weighted by atomic mass is 16.6. The molecule has 69 heavy (non-hydrogen) atoms. The van der Waals surface area contributed by atoms with Crippen molar-refractivity contribution < 1.29 is 28.6 Å². The fraction of sp³-hybridized carbons (Fsp3) is 0.921. The normalized spacial score (nSPS) is 12.0. The van der Waals surface area contributed by atoms with Crippen molar-refractivity contribution in [2.24, 2.45) is 0 Å². The van der Waals surface area contributed by atoms with Crippen molar-refractivity contribution in [3.63, 3.8) is 0 Å². The zero-order valence-corrected chi connectivity index (χ0v) is 46.9. The molecule has 0 fully saturated rings. The molecular weight excluding hydrogens is 853 g/mol. The van der Waals surface area contributed by atoms with Gasteiger partial charge in [0, 0.05) is 19.3 Å². The molecule has 0 aliphatic rings. The molecule has 0 heterocycles. The van der Waals surface area contributed by atoms with Gasteiger partial charge in [-0.2, -0.15) is 0 Å². The van der Waals surface area contributed by atoms with Gasteiger partial charge in [-0.05, 0) is 44.9 Å². The first-order valence-electron chi connectivity index (χ1n) is 31.2. The lowest BCUT2D eigenvalue weighted by Crippen LogP contribution is -2.30. The molecular formula is C63H120O6. The van der Waals surface area contributed by atoms with Crippen molar-refractivity contribution in [3.05, 3.63) is 12.2 Å². The van der Waals surface area contributed by atoms with Crippen molar-refractivity contribution in [3.8, 4) is 0 Å². The summed E-state index contributed by atoms with van der Waals surface area (Å²) >= 11 is 0. The van der Waals surface area contributed by atoms with Crippen LogP contribution in [0.4, 0.5) is 0 Å². The monoisotopic (exact) mass is 973 g/mol. The van der Waals surface area contributed by atoms with Gasteiger partial charge in [-0.25, -0.2) is 0 Å². The second-order valence-electron chi connectivity index (χ2n) is 21.3. The van der Waals surface area contributed by atoms with E-state index in [9.17, 15) is 14.4 Å². The summed E-state index contributed by atoms with van der Waals surface area (Å²) in [4.78, 5) is 38.2. The number of unbranched alkanes of at least 4 members (excludes halogenated alkanes) is 45. The smallest absolute Gasteiger partial charge is 0.306 e. The average Bonchev–Trinajstić information content (AvgIpc) is 3.35. The first-order valence-corrected chi connectivity index (χ1v) is 31.2. The summed E-state index contributed by atoms with van der Waals surface area (Å²) in [5.41, 5.74) is 0. The maximum atomic E-state index is 12.9. The number of carbonyl (C=O) groups excluding carboxylic acids is 3. The van der Waals surface area contributed by atoms with Crippen molar-refractivity contribution in [2.45, 2.75) is 361 Å². The Morgan fingerprint density at radius 1 is 0.275 bits per heavy atom. The van der Waals surface area contributed by atoms with Crippen molar-refractivity contribution in [1.82, 2.24) is 0 Å². The Labute approximate surface area is 431 Å². The molecule has 408 valence electrons. The molecule has 1 unspecified atom stereocenters. The van der Waals surface area contributed by atoms with E-state index in [0.29, 0.717) is 19.3 Å². The fourth-order valence-electron chi connectivity index (χ4n) is 9.56. The minimum Gasteiger partial charge on any atom is -0.462 e. The van der Waals surface area contributed by atoms with E-state index in [0.717, 1.165) is 57.8 Å². The molecule has 0 aromatic rings. The lowest BCUT2D eigenvalue weighted by Gasteiger charge is -2.18. The summed E-state index contributed by atoms with van der Waals surface area (Å²) in [7, 11) is 0. The number of esters is 3. The Morgan fingerprint density at radius 3 is 0.725 bits per heavy atom. The summed E-state index contributed by atoms with van der Waals surface area (Å²) < 4.78 is 16.9. The zero-order valence-electron chi connectivity index (χ0n) is 46.9. The van der Waals surface area contributed by atoms with Crippen LogP contribution in [0.25, 0.3) is 0 Å². The topological polar surface area (TPSA) is 78.9 Å². The largest absolute Gasteiger partial charge is 0.462 e. The Balaban J connectivity index is 4.27. The molecule has 6 nitrogen and oxygen atoms in total. The van der Waals surface area contributed by atoms with Crippen LogP contribution in [-0.2, 0) is 28.6 Å².